The van der Waals surface area contributed by atoms with Crippen molar-refractivity contribution >= 4 is 12.0 Å². The molecule has 27 heavy (non-hydrogen) atoms. The summed E-state index contributed by atoms with van der Waals surface area (Å²) in [4.78, 5) is 31.2. The maximum absolute atomic E-state index is 12.5. The summed E-state index contributed by atoms with van der Waals surface area (Å²) in [5.74, 6) is 1.15. The van der Waals surface area contributed by atoms with Gasteiger partial charge in [-0.3, -0.25) is 9.69 Å². The van der Waals surface area contributed by atoms with E-state index < -0.39 is 0 Å². The van der Waals surface area contributed by atoms with Crippen molar-refractivity contribution in [2.24, 2.45) is 0 Å². The molecule has 3 heterocycles. The van der Waals surface area contributed by atoms with Crippen LogP contribution in [0.2, 0.25) is 0 Å². The zero-order chi connectivity index (χ0) is 19.0. The van der Waals surface area contributed by atoms with Gasteiger partial charge in [0.25, 0.3) is 5.91 Å². The average Bonchev–Trinajstić information content (AvgIpc) is 3.40. The number of nitrogens with zero attached hydrogens (tertiary/aromatic N) is 2. The third-order valence-electron chi connectivity index (χ3n) is 5.04. The zero-order valence-corrected chi connectivity index (χ0v) is 15.2. The number of ether oxygens (including phenoxy) is 3. The third-order valence-corrected chi connectivity index (χ3v) is 5.04. The molecule has 0 bridgehead atoms. The van der Waals surface area contributed by atoms with E-state index in [0.29, 0.717) is 36.8 Å². The summed E-state index contributed by atoms with van der Waals surface area (Å²) >= 11 is 0. The van der Waals surface area contributed by atoms with E-state index in [1.54, 1.807) is 42.3 Å². The van der Waals surface area contributed by atoms with Gasteiger partial charge in [0.15, 0.2) is 11.5 Å². The highest BCUT2D eigenvalue weighted by Crippen LogP contribution is 2.32. The molecule has 2 aromatic rings. The highest BCUT2D eigenvalue weighted by atomic mass is 16.6. The number of carbonyl (C=O) groups is 2. The van der Waals surface area contributed by atoms with E-state index >= 15 is 0 Å². The van der Waals surface area contributed by atoms with Crippen LogP contribution in [-0.4, -0.2) is 66.2 Å². The minimum absolute atomic E-state index is 0.0866. The van der Waals surface area contributed by atoms with Gasteiger partial charge in [0, 0.05) is 19.3 Å². The van der Waals surface area contributed by atoms with Crippen LogP contribution in [0, 0.1) is 0 Å². The lowest BCUT2D eigenvalue weighted by molar-refractivity contribution is 0.0722. The fraction of sp³-hybridized carbons (Fsp3) is 0.368. The molecule has 1 aromatic heterocycles. The van der Waals surface area contributed by atoms with Gasteiger partial charge in [0.05, 0.1) is 26.8 Å². The molecule has 8 nitrogen and oxygen atoms in total. The number of rotatable bonds is 5. The first-order chi connectivity index (χ1) is 13.1. The fourth-order valence-electron chi connectivity index (χ4n) is 3.66. The van der Waals surface area contributed by atoms with E-state index in [1.165, 1.54) is 0 Å². The number of carbonyl (C=O) groups excluding carboxylic acids is 2. The zero-order valence-electron chi connectivity index (χ0n) is 15.2. The van der Waals surface area contributed by atoms with Gasteiger partial charge in [0.2, 0.25) is 0 Å². The molecule has 2 saturated heterocycles. The smallest absolute Gasteiger partial charge is 0.410 e. The van der Waals surface area contributed by atoms with E-state index in [0.717, 1.165) is 5.56 Å². The molecule has 0 unspecified atom stereocenters. The van der Waals surface area contributed by atoms with Crippen molar-refractivity contribution in [1.29, 1.82) is 0 Å². The topological polar surface area (TPSA) is 84.1 Å². The summed E-state index contributed by atoms with van der Waals surface area (Å²) in [5, 5.41) is 0. The first kappa shape index (κ1) is 17.3. The van der Waals surface area contributed by atoms with Crippen LogP contribution in [0.4, 0.5) is 4.79 Å². The number of hydrogen-bond donors (Lipinski definition) is 1. The van der Waals surface area contributed by atoms with Crippen LogP contribution in [0.5, 0.6) is 11.5 Å². The summed E-state index contributed by atoms with van der Waals surface area (Å²) < 4.78 is 16.1. The van der Waals surface area contributed by atoms with Crippen LogP contribution < -0.4 is 9.47 Å². The molecule has 0 aliphatic carbocycles. The molecular weight excluding hydrogens is 350 g/mol. The van der Waals surface area contributed by atoms with Gasteiger partial charge >= 0.3 is 6.09 Å². The van der Waals surface area contributed by atoms with Gasteiger partial charge in [-0.1, -0.05) is 6.07 Å². The van der Waals surface area contributed by atoms with Gasteiger partial charge in [-0.15, -0.1) is 0 Å². The van der Waals surface area contributed by atoms with Gasteiger partial charge in [-0.2, -0.15) is 0 Å². The number of methoxy groups -OCH3 is 2. The molecule has 1 N–H and O–H groups in total. The Balaban J connectivity index is 1.49. The second-order valence-electron chi connectivity index (χ2n) is 6.60. The monoisotopic (exact) mass is 371 g/mol. The van der Waals surface area contributed by atoms with Crippen molar-refractivity contribution in [1.82, 2.24) is 14.8 Å². The van der Waals surface area contributed by atoms with Gasteiger partial charge in [-0.25, -0.2) is 4.79 Å². The van der Waals surface area contributed by atoms with E-state index in [9.17, 15) is 9.59 Å². The summed E-state index contributed by atoms with van der Waals surface area (Å²) in [7, 11) is 3.15. The lowest BCUT2D eigenvalue weighted by atomic mass is 10.1. The molecule has 1 aromatic carbocycles. The molecule has 2 atom stereocenters. The molecule has 2 aliphatic heterocycles. The molecule has 0 radical (unpaired) electrons. The second-order valence-corrected chi connectivity index (χ2v) is 6.60. The Morgan fingerprint density at radius 3 is 2.74 bits per heavy atom. The summed E-state index contributed by atoms with van der Waals surface area (Å²) in [6, 6.07) is 8.90. The molecule has 142 valence electrons. The molecule has 4 rings (SSSR count). The van der Waals surface area contributed by atoms with Crippen LogP contribution in [0.25, 0.3) is 0 Å². The first-order valence-corrected chi connectivity index (χ1v) is 8.71. The van der Waals surface area contributed by atoms with Crippen molar-refractivity contribution < 1.29 is 23.8 Å². The summed E-state index contributed by atoms with van der Waals surface area (Å²) in [5.41, 5.74) is 1.44. The number of hydrogen-bond acceptors (Lipinski definition) is 5. The third kappa shape index (κ3) is 3.07. The lowest BCUT2D eigenvalue weighted by Gasteiger charge is -2.22. The quantitative estimate of drug-likeness (QED) is 0.868. The minimum Gasteiger partial charge on any atom is -0.493 e. The Bertz CT molecular complexity index is 851. The molecule has 2 aliphatic rings. The average molecular weight is 371 g/mol. The Morgan fingerprint density at radius 2 is 2.04 bits per heavy atom. The number of nitrogens with one attached hydrogen (secondary N) is 1. The van der Waals surface area contributed by atoms with Crippen molar-refractivity contribution in [3.63, 3.8) is 0 Å². The van der Waals surface area contributed by atoms with Crippen LogP contribution in [0.15, 0.2) is 36.5 Å². The summed E-state index contributed by atoms with van der Waals surface area (Å²) in [6.45, 7) is 1.23. The number of aromatic nitrogens is 1. The van der Waals surface area contributed by atoms with Crippen molar-refractivity contribution in [2.45, 2.75) is 18.7 Å². The molecule has 0 saturated carbocycles. The molecule has 2 fully saturated rings. The van der Waals surface area contributed by atoms with E-state index in [-0.39, 0.29) is 24.1 Å². The van der Waals surface area contributed by atoms with E-state index in [4.69, 9.17) is 14.2 Å². The van der Waals surface area contributed by atoms with Crippen molar-refractivity contribution in [3.05, 3.63) is 47.8 Å². The number of fused-ring (bicyclic) bond motifs is 1. The maximum Gasteiger partial charge on any atom is 0.410 e. The lowest BCUT2D eigenvalue weighted by Crippen LogP contribution is -2.38. The Labute approximate surface area is 156 Å². The van der Waals surface area contributed by atoms with Crippen LogP contribution in [0.3, 0.4) is 0 Å². The van der Waals surface area contributed by atoms with Crippen LogP contribution >= 0.6 is 0 Å². The van der Waals surface area contributed by atoms with E-state index in [2.05, 4.69) is 4.98 Å². The van der Waals surface area contributed by atoms with Gasteiger partial charge < -0.3 is 24.1 Å². The maximum atomic E-state index is 12.5. The van der Waals surface area contributed by atoms with Crippen molar-refractivity contribution in [3.8, 4) is 11.5 Å². The normalized spacial score (nSPS) is 21.2. The minimum atomic E-state index is -0.355. The second kappa shape index (κ2) is 6.86. The predicted octanol–water partition coefficient (Wildman–Crippen LogP) is 1.88. The van der Waals surface area contributed by atoms with Crippen LogP contribution in [0.1, 0.15) is 16.1 Å². The largest absolute Gasteiger partial charge is 0.493 e. The highest BCUT2D eigenvalue weighted by molar-refractivity contribution is 5.93. The van der Waals surface area contributed by atoms with Gasteiger partial charge in [0.1, 0.15) is 11.8 Å². The first-order valence-electron chi connectivity index (χ1n) is 8.71. The summed E-state index contributed by atoms with van der Waals surface area (Å²) in [6.07, 6.45) is 1.05. The number of H-pyrrole nitrogens is 1. The predicted molar refractivity (Wildman–Crippen MR) is 95.8 cm³/mol. The fourth-order valence-corrected chi connectivity index (χ4v) is 3.66. The molecular formula is C19H21N3O5. The standard InChI is InChI=1S/C19H21N3O5/c1-25-15-6-5-12(8-16(15)26-2)9-22-14-10-21(11-17(14)27-19(22)24)18(23)13-4-3-7-20-13/h3-8,14,17,20H,9-11H2,1-2H3/t14-,17+/m0/s1. The molecule has 2 amide bonds. The Morgan fingerprint density at radius 1 is 1.22 bits per heavy atom. The number of aromatic amines is 1. The van der Waals surface area contributed by atoms with E-state index in [1.807, 2.05) is 18.2 Å². The highest BCUT2D eigenvalue weighted by Gasteiger charge is 2.48. The van der Waals surface area contributed by atoms with Crippen molar-refractivity contribution in [2.75, 3.05) is 27.3 Å². The van der Waals surface area contributed by atoms with Gasteiger partial charge in [-0.05, 0) is 29.8 Å². The molecule has 0 spiro atoms. The molecule has 8 heteroatoms. The number of benzene rings is 1. The van der Waals surface area contributed by atoms with Crippen LogP contribution in [-0.2, 0) is 11.3 Å². The Hall–Kier alpha value is -3.16. The number of amides is 2. The Kier molecular flexibility index (Phi) is 4.39. The SMILES string of the molecule is COc1ccc(CN2C(=O)O[C@@H]3CN(C(=O)c4ccc[nH]4)C[C@@H]32)cc1OC. The number of likely N-dealkylation sites (tertiary alicyclic amines) is 1.